The van der Waals surface area contributed by atoms with Gasteiger partial charge in [0.25, 0.3) is 5.56 Å². The van der Waals surface area contributed by atoms with Crippen LogP contribution in [0.15, 0.2) is 33.7 Å². The van der Waals surface area contributed by atoms with Crippen LogP contribution in [0, 0.1) is 5.92 Å². The van der Waals surface area contributed by atoms with Crippen LogP contribution < -0.4 is 10.9 Å². The van der Waals surface area contributed by atoms with Crippen molar-refractivity contribution in [2.24, 2.45) is 5.92 Å². The third kappa shape index (κ3) is 3.42. The Hall–Kier alpha value is -3.16. The SMILES string of the molecule is CC(C)CC(=O)Nc1cc(-c2ccco2)nn1-c1nc2c(c(=O)[nH]1)CCC2. The second-order valence-corrected chi connectivity index (χ2v) is 7.12. The molecule has 140 valence electrons. The maximum atomic E-state index is 12.4. The molecule has 0 aliphatic heterocycles. The van der Waals surface area contributed by atoms with Crippen molar-refractivity contribution >= 4 is 11.7 Å². The zero-order valence-corrected chi connectivity index (χ0v) is 15.3. The summed E-state index contributed by atoms with van der Waals surface area (Å²) in [6, 6.07) is 5.26. The second-order valence-electron chi connectivity index (χ2n) is 7.12. The molecular formula is C19H21N5O3. The summed E-state index contributed by atoms with van der Waals surface area (Å²) in [4.78, 5) is 32.0. The van der Waals surface area contributed by atoms with E-state index in [1.165, 1.54) is 4.68 Å². The quantitative estimate of drug-likeness (QED) is 0.721. The number of carbonyl (C=O) groups excluding carboxylic acids is 1. The van der Waals surface area contributed by atoms with Crippen LogP contribution in [0.25, 0.3) is 17.4 Å². The Balaban J connectivity index is 1.77. The van der Waals surface area contributed by atoms with E-state index in [9.17, 15) is 9.59 Å². The van der Waals surface area contributed by atoms with Crippen molar-refractivity contribution in [1.82, 2.24) is 19.7 Å². The summed E-state index contributed by atoms with van der Waals surface area (Å²) in [6.07, 6.45) is 4.38. The monoisotopic (exact) mass is 367 g/mol. The number of nitrogens with zero attached hydrogens (tertiary/aromatic N) is 3. The Labute approximate surface area is 155 Å². The van der Waals surface area contributed by atoms with E-state index >= 15 is 0 Å². The molecule has 1 aliphatic carbocycles. The summed E-state index contributed by atoms with van der Waals surface area (Å²) in [5.41, 5.74) is 1.93. The van der Waals surface area contributed by atoms with Gasteiger partial charge in [-0.2, -0.15) is 9.78 Å². The fraction of sp³-hybridized carbons (Fsp3) is 0.368. The van der Waals surface area contributed by atoms with Gasteiger partial charge in [-0.25, -0.2) is 4.98 Å². The molecule has 27 heavy (non-hydrogen) atoms. The standard InChI is InChI=1S/C19H21N5O3/c1-11(2)9-17(25)21-16-10-14(15-7-4-8-27-15)23-24(16)19-20-13-6-3-5-12(13)18(26)22-19/h4,7-8,10-11H,3,5-6,9H2,1-2H3,(H,21,25)(H,20,22,26). The van der Waals surface area contributed by atoms with E-state index in [0.29, 0.717) is 29.6 Å². The fourth-order valence-corrected chi connectivity index (χ4v) is 3.27. The van der Waals surface area contributed by atoms with Gasteiger partial charge in [0.1, 0.15) is 11.5 Å². The number of H-pyrrole nitrogens is 1. The minimum absolute atomic E-state index is 0.124. The van der Waals surface area contributed by atoms with Gasteiger partial charge in [0.05, 0.1) is 12.0 Å². The summed E-state index contributed by atoms with van der Waals surface area (Å²) in [5.74, 6) is 1.40. The number of hydrogen-bond acceptors (Lipinski definition) is 5. The molecule has 0 saturated carbocycles. The van der Waals surface area contributed by atoms with Gasteiger partial charge in [0, 0.05) is 18.1 Å². The highest BCUT2D eigenvalue weighted by Crippen LogP contribution is 2.25. The third-order valence-electron chi connectivity index (χ3n) is 4.47. The van der Waals surface area contributed by atoms with Gasteiger partial charge in [-0.1, -0.05) is 13.8 Å². The average Bonchev–Trinajstić information content (AvgIpc) is 3.34. The predicted molar refractivity (Wildman–Crippen MR) is 99.8 cm³/mol. The van der Waals surface area contributed by atoms with Crippen molar-refractivity contribution in [2.75, 3.05) is 5.32 Å². The molecule has 3 heterocycles. The lowest BCUT2D eigenvalue weighted by Crippen LogP contribution is -2.21. The molecule has 0 spiro atoms. The first-order chi connectivity index (χ1) is 13.0. The predicted octanol–water partition coefficient (Wildman–Crippen LogP) is 2.69. The largest absolute Gasteiger partial charge is 0.463 e. The number of aryl methyl sites for hydroxylation is 1. The summed E-state index contributed by atoms with van der Waals surface area (Å²) in [5, 5.41) is 7.36. The number of aromatic nitrogens is 4. The highest BCUT2D eigenvalue weighted by Gasteiger charge is 2.21. The second kappa shape index (κ2) is 6.86. The number of nitrogens with one attached hydrogen (secondary N) is 2. The van der Waals surface area contributed by atoms with Crippen LogP contribution in [0.5, 0.6) is 0 Å². The number of anilines is 1. The first-order valence-corrected chi connectivity index (χ1v) is 9.07. The molecule has 1 amide bonds. The topological polar surface area (TPSA) is 106 Å². The molecule has 4 rings (SSSR count). The Morgan fingerprint density at radius 1 is 1.41 bits per heavy atom. The molecule has 0 fully saturated rings. The molecule has 8 heteroatoms. The molecule has 8 nitrogen and oxygen atoms in total. The number of aromatic amines is 1. The fourth-order valence-electron chi connectivity index (χ4n) is 3.27. The van der Waals surface area contributed by atoms with Crippen molar-refractivity contribution in [1.29, 1.82) is 0 Å². The van der Waals surface area contributed by atoms with E-state index in [1.54, 1.807) is 24.5 Å². The zero-order valence-electron chi connectivity index (χ0n) is 15.3. The Bertz CT molecular complexity index is 1030. The van der Waals surface area contributed by atoms with Crippen LogP contribution in [0.2, 0.25) is 0 Å². The molecule has 0 atom stereocenters. The van der Waals surface area contributed by atoms with Crippen LogP contribution in [0.1, 0.15) is 37.9 Å². The van der Waals surface area contributed by atoms with Gasteiger partial charge in [0.15, 0.2) is 5.76 Å². The molecular weight excluding hydrogens is 346 g/mol. The Morgan fingerprint density at radius 2 is 2.26 bits per heavy atom. The molecule has 0 radical (unpaired) electrons. The summed E-state index contributed by atoms with van der Waals surface area (Å²) < 4.78 is 6.86. The minimum Gasteiger partial charge on any atom is -0.463 e. The Morgan fingerprint density at radius 3 is 3.00 bits per heavy atom. The van der Waals surface area contributed by atoms with E-state index < -0.39 is 0 Å². The number of furan rings is 1. The molecule has 3 aromatic heterocycles. The van der Waals surface area contributed by atoms with Crippen LogP contribution >= 0.6 is 0 Å². The summed E-state index contributed by atoms with van der Waals surface area (Å²) in [6.45, 7) is 3.95. The van der Waals surface area contributed by atoms with E-state index in [4.69, 9.17) is 4.42 Å². The number of hydrogen-bond donors (Lipinski definition) is 2. The maximum absolute atomic E-state index is 12.4. The highest BCUT2D eigenvalue weighted by molar-refractivity contribution is 5.90. The third-order valence-corrected chi connectivity index (χ3v) is 4.47. The highest BCUT2D eigenvalue weighted by atomic mass is 16.3. The first-order valence-electron chi connectivity index (χ1n) is 9.07. The van der Waals surface area contributed by atoms with E-state index in [2.05, 4.69) is 20.4 Å². The number of fused-ring (bicyclic) bond motifs is 1. The summed E-state index contributed by atoms with van der Waals surface area (Å²) in [7, 11) is 0. The molecule has 0 bridgehead atoms. The van der Waals surface area contributed by atoms with E-state index in [-0.39, 0.29) is 17.4 Å². The number of rotatable bonds is 5. The minimum atomic E-state index is -0.151. The van der Waals surface area contributed by atoms with E-state index in [0.717, 1.165) is 30.5 Å². The lowest BCUT2D eigenvalue weighted by molar-refractivity contribution is -0.116. The smallest absolute Gasteiger partial charge is 0.255 e. The van der Waals surface area contributed by atoms with Crippen molar-refractivity contribution in [2.45, 2.75) is 39.5 Å². The molecule has 0 saturated heterocycles. The maximum Gasteiger partial charge on any atom is 0.255 e. The van der Waals surface area contributed by atoms with Crippen LogP contribution in [-0.4, -0.2) is 25.7 Å². The molecule has 1 aliphatic rings. The van der Waals surface area contributed by atoms with Gasteiger partial charge >= 0.3 is 0 Å². The molecule has 0 unspecified atom stereocenters. The van der Waals surface area contributed by atoms with Crippen molar-refractivity contribution in [3.63, 3.8) is 0 Å². The van der Waals surface area contributed by atoms with Gasteiger partial charge < -0.3 is 9.73 Å². The summed E-state index contributed by atoms with van der Waals surface area (Å²) >= 11 is 0. The van der Waals surface area contributed by atoms with Crippen molar-refractivity contribution in [3.8, 4) is 17.4 Å². The van der Waals surface area contributed by atoms with Crippen molar-refractivity contribution < 1.29 is 9.21 Å². The van der Waals surface area contributed by atoms with Gasteiger partial charge in [-0.15, -0.1) is 0 Å². The lowest BCUT2D eigenvalue weighted by Gasteiger charge is -2.10. The molecule has 2 N–H and O–H groups in total. The van der Waals surface area contributed by atoms with Crippen LogP contribution in [-0.2, 0) is 17.6 Å². The van der Waals surface area contributed by atoms with E-state index in [1.807, 2.05) is 13.8 Å². The lowest BCUT2D eigenvalue weighted by atomic mass is 10.1. The molecule has 3 aromatic rings. The average molecular weight is 367 g/mol. The number of amides is 1. The van der Waals surface area contributed by atoms with Gasteiger partial charge in [-0.3, -0.25) is 14.6 Å². The van der Waals surface area contributed by atoms with Gasteiger partial charge in [0.2, 0.25) is 11.9 Å². The molecule has 0 aromatic carbocycles. The van der Waals surface area contributed by atoms with Gasteiger partial charge in [-0.05, 0) is 37.3 Å². The van der Waals surface area contributed by atoms with Crippen LogP contribution in [0.4, 0.5) is 5.82 Å². The normalized spacial score (nSPS) is 13.1. The first kappa shape index (κ1) is 17.3. The zero-order chi connectivity index (χ0) is 19.0. The van der Waals surface area contributed by atoms with Crippen molar-refractivity contribution in [3.05, 3.63) is 46.1 Å². The number of carbonyl (C=O) groups is 1. The Kier molecular flexibility index (Phi) is 4.39. The van der Waals surface area contributed by atoms with Crippen LogP contribution in [0.3, 0.4) is 0 Å².